The Bertz CT molecular complexity index is 472. The fourth-order valence-corrected chi connectivity index (χ4v) is 2.80. The van der Waals surface area contributed by atoms with Gasteiger partial charge in [0.2, 0.25) is 0 Å². The van der Waals surface area contributed by atoms with Gasteiger partial charge < -0.3 is 10.1 Å². The van der Waals surface area contributed by atoms with Gasteiger partial charge in [0.15, 0.2) is 5.82 Å². The molecule has 1 N–H and O–H groups in total. The van der Waals surface area contributed by atoms with Gasteiger partial charge in [0.1, 0.15) is 19.0 Å². The van der Waals surface area contributed by atoms with E-state index in [1.807, 2.05) is 20.8 Å². The van der Waals surface area contributed by atoms with Gasteiger partial charge in [-0.15, -0.1) is 0 Å². The maximum Gasteiger partial charge on any atom is 0.411 e. The number of nitrogens with zero attached hydrogens (tertiary/aromatic N) is 2. The summed E-state index contributed by atoms with van der Waals surface area (Å²) in [7, 11) is 1.71. The lowest BCUT2D eigenvalue weighted by Crippen LogP contribution is -2.21. The Morgan fingerprint density at radius 1 is 1.20 bits per heavy atom. The Kier molecular flexibility index (Phi) is 5.59. The highest BCUT2D eigenvalue weighted by molar-refractivity contribution is 14.1. The van der Waals surface area contributed by atoms with E-state index in [9.17, 15) is 13.2 Å². The van der Waals surface area contributed by atoms with Crippen molar-refractivity contribution < 1.29 is 17.9 Å². The summed E-state index contributed by atoms with van der Waals surface area (Å²) in [5.41, 5.74) is 0.548. The van der Waals surface area contributed by atoms with Crippen molar-refractivity contribution >= 4 is 28.4 Å². The lowest BCUT2D eigenvalue weighted by molar-refractivity contribution is -0.177. The predicted octanol–water partition coefficient (Wildman–Crippen LogP) is 3.50. The average Bonchev–Trinajstić information content (AvgIpc) is 2.27. The van der Waals surface area contributed by atoms with E-state index in [4.69, 9.17) is 0 Å². The second-order valence-electron chi connectivity index (χ2n) is 5.26. The van der Waals surface area contributed by atoms with Crippen molar-refractivity contribution in [3.63, 3.8) is 0 Å². The molecule has 0 aliphatic rings. The first-order valence-electron chi connectivity index (χ1n) is 5.93. The molecule has 0 spiro atoms. The fourth-order valence-electron chi connectivity index (χ4n) is 1.48. The van der Waals surface area contributed by atoms with Crippen molar-refractivity contribution in [1.82, 2.24) is 9.97 Å². The summed E-state index contributed by atoms with van der Waals surface area (Å²) in [6, 6.07) is 0. The van der Waals surface area contributed by atoms with E-state index in [0.717, 1.165) is 9.26 Å². The number of halogens is 4. The summed E-state index contributed by atoms with van der Waals surface area (Å²) in [5.74, 6) is 0.833. The monoisotopic (exact) mass is 403 g/mol. The van der Waals surface area contributed by atoms with Crippen LogP contribution in [0.25, 0.3) is 0 Å². The maximum atomic E-state index is 12.1. The minimum Gasteiger partial charge on any atom is -0.372 e. The summed E-state index contributed by atoms with van der Waals surface area (Å²) in [6.45, 7) is 4.38. The molecule has 0 atom stereocenters. The first-order valence-corrected chi connectivity index (χ1v) is 7.01. The Labute approximate surface area is 129 Å². The number of anilines is 1. The van der Waals surface area contributed by atoms with Crippen molar-refractivity contribution in [2.45, 2.75) is 39.0 Å². The molecule has 1 aromatic rings. The molecule has 0 fully saturated rings. The zero-order valence-electron chi connectivity index (χ0n) is 11.7. The Morgan fingerprint density at radius 2 is 1.80 bits per heavy atom. The molecule has 0 aromatic carbocycles. The molecule has 0 saturated heterocycles. The minimum atomic E-state index is -4.35. The van der Waals surface area contributed by atoms with Crippen molar-refractivity contribution in [3.05, 3.63) is 15.1 Å². The van der Waals surface area contributed by atoms with Gasteiger partial charge in [0.05, 0.1) is 9.26 Å². The molecule has 0 aliphatic heterocycles. The van der Waals surface area contributed by atoms with Crippen LogP contribution in [0, 0.1) is 3.57 Å². The van der Waals surface area contributed by atoms with Crippen LogP contribution in [0.15, 0.2) is 0 Å². The van der Waals surface area contributed by atoms with Crippen LogP contribution in [-0.4, -0.2) is 29.8 Å². The normalized spacial score (nSPS) is 12.6. The third kappa shape index (κ3) is 5.04. The Balaban J connectivity index is 2.98. The molecule has 8 heteroatoms. The van der Waals surface area contributed by atoms with Crippen LogP contribution in [-0.2, 0) is 16.8 Å². The fraction of sp³-hybridized carbons (Fsp3) is 0.667. The molecule has 114 valence electrons. The lowest BCUT2D eigenvalue weighted by Gasteiger charge is -2.21. The number of hydrogen-bond acceptors (Lipinski definition) is 4. The zero-order valence-corrected chi connectivity index (χ0v) is 13.9. The van der Waals surface area contributed by atoms with Crippen molar-refractivity contribution in [1.29, 1.82) is 0 Å². The molecule has 20 heavy (non-hydrogen) atoms. The smallest absolute Gasteiger partial charge is 0.372 e. The number of rotatable bonds is 4. The molecule has 0 bridgehead atoms. The summed E-state index contributed by atoms with van der Waals surface area (Å²) < 4.78 is 41.6. The van der Waals surface area contributed by atoms with Crippen LogP contribution in [0.2, 0.25) is 0 Å². The van der Waals surface area contributed by atoms with Gasteiger partial charge in [-0.05, 0) is 22.6 Å². The quantitative estimate of drug-likeness (QED) is 0.783. The summed E-state index contributed by atoms with van der Waals surface area (Å²) >= 11 is 2.13. The largest absolute Gasteiger partial charge is 0.411 e. The number of hydrogen-bond donors (Lipinski definition) is 1. The molecule has 1 heterocycles. The maximum absolute atomic E-state index is 12.1. The first-order chi connectivity index (χ1) is 9.04. The molecule has 0 saturated carbocycles. The Morgan fingerprint density at radius 3 is 2.25 bits per heavy atom. The first kappa shape index (κ1) is 17.4. The standard InChI is InChI=1S/C12H17F3IN3O/c1-11(2,3)9-8(16)10(17-4)19-7(18-9)5-20-6-12(13,14)15/h5-6H2,1-4H3,(H,17,18,19). The van der Waals surface area contributed by atoms with Gasteiger partial charge in [-0.2, -0.15) is 13.2 Å². The average molecular weight is 403 g/mol. The number of ether oxygens (including phenoxy) is 1. The number of nitrogens with one attached hydrogen (secondary N) is 1. The van der Waals surface area contributed by atoms with Crippen LogP contribution >= 0.6 is 22.6 Å². The second kappa shape index (κ2) is 6.42. The SMILES string of the molecule is CNc1nc(COCC(F)(F)F)nc(C(C)(C)C)c1I. The van der Waals surface area contributed by atoms with E-state index in [1.54, 1.807) is 7.05 Å². The number of alkyl halides is 3. The molecule has 0 aliphatic carbocycles. The van der Waals surface area contributed by atoms with E-state index in [2.05, 4.69) is 42.6 Å². The highest BCUT2D eigenvalue weighted by Crippen LogP contribution is 2.29. The van der Waals surface area contributed by atoms with Crippen molar-refractivity contribution in [3.8, 4) is 0 Å². The molecule has 0 unspecified atom stereocenters. The van der Waals surface area contributed by atoms with Crippen LogP contribution in [0.1, 0.15) is 32.3 Å². The second-order valence-corrected chi connectivity index (χ2v) is 6.34. The zero-order chi connectivity index (χ0) is 15.6. The molecule has 4 nitrogen and oxygen atoms in total. The van der Waals surface area contributed by atoms with E-state index < -0.39 is 12.8 Å². The van der Waals surface area contributed by atoms with E-state index in [1.165, 1.54) is 0 Å². The molecule has 1 rings (SSSR count). The summed E-state index contributed by atoms with van der Waals surface area (Å²) in [6.07, 6.45) is -4.35. The van der Waals surface area contributed by atoms with Gasteiger partial charge in [0, 0.05) is 12.5 Å². The summed E-state index contributed by atoms with van der Waals surface area (Å²) in [5, 5.41) is 2.92. The van der Waals surface area contributed by atoms with Gasteiger partial charge >= 0.3 is 6.18 Å². The highest BCUT2D eigenvalue weighted by atomic mass is 127. The van der Waals surface area contributed by atoms with Gasteiger partial charge in [0.25, 0.3) is 0 Å². The molecule has 0 amide bonds. The van der Waals surface area contributed by atoms with Crippen molar-refractivity contribution in [2.75, 3.05) is 19.0 Å². The minimum absolute atomic E-state index is 0.232. The highest BCUT2D eigenvalue weighted by Gasteiger charge is 2.28. The van der Waals surface area contributed by atoms with Crippen LogP contribution in [0.3, 0.4) is 0 Å². The molecule has 0 radical (unpaired) electrons. The van der Waals surface area contributed by atoms with E-state index >= 15 is 0 Å². The Hall–Kier alpha value is -0.640. The van der Waals surface area contributed by atoms with Crippen molar-refractivity contribution in [2.24, 2.45) is 0 Å². The molecule has 1 aromatic heterocycles. The summed E-state index contributed by atoms with van der Waals surface area (Å²) in [4.78, 5) is 8.48. The van der Waals surface area contributed by atoms with Gasteiger partial charge in [-0.25, -0.2) is 9.97 Å². The van der Waals surface area contributed by atoms with Gasteiger partial charge in [-0.1, -0.05) is 20.8 Å². The predicted molar refractivity (Wildman–Crippen MR) is 78.7 cm³/mol. The molecular weight excluding hydrogens is 386 g/mol. The van der Waals surface area contributed by atoms with E-state index in [-0.39, 0.29) is 17.8 Å². The van der Waals surface area contributed by atoms with Crippen LogP contribution < -0.4 is 5.32 Å². The number of aromatic nitrogens is 2. The molecular formula is C12H17F3IN3O. The van der Waals surface area contributed by atoms with Crippen LogP contribution in [0.5, 0.6) is 0 Å². The van der Waals surface area contributed by atoms with Gasteiger partial charge in [-0.3, -0.25) is 0 Å². The topological polar surface area (TPSA) is 47.0 Å². The van der Waals surface area contributed by atoms with Crippen LogP contribution in [0.4, 0.5) is 19.0 Å². The van der Waals surface area contributed by atoms with E-state index in [0.29, 0.717) is 5.82 Å². The third-order valence-electron chi connectivity index (χ3n) is 2.34. The third-order valence-corrected chi connectivity index (χ3v) is 3.36. The lowest BCUT2D eigenvalue weighted by atomic mass is 9.92.